The van der Waals surface area contributed by atoms with Crippen LogP contribution >= 0.6 is 0 Å². The van der Waals surface area contributed by atoms with Crippen LogP contribution in [0.5, 0.6) is 0 Å². The minimum atomic E-state index is -3.39. The molecule has 18 heavy (non-hydrogen) atoms. The SMILES string of the molecule is Cc1ccc(S(=O)(=O)NCCCC(C)CO)cc1. The summed E-state index contributed by atoms with van der Waals surface area (Å²) in [5.74, 6) is 0.217. The summed E-state index contributed by atoms with van der Waals surface area (Å²) in [6, 6.07) is 6.77. The number of hydrogen-bond acceptors (Lipinski definition) is 3. The minimum absolute atomic E-state index is 0.144. The highest BCUT2D eigenvalue weighted by Crippen LogP contribution is 2.10. The number of rotatable bonds is 7. The maximum absolute atomic E-state index is 11.9. The highest BCUT2D eigenvalue weighted by atomic mass is 32.2. The molecule has 2 N–H and O–H groups in total. The van der Waals surface area contributed by atoms with Crippen LogP contribution in [0.1, 0.15) is 25.3 Å². The quantitative estimate of drug-likeness (QED) is 0.742. The van der Waals surface area contributed by atoms with Gasteiger partial charge < -0.3 is 5.11 Å². The van der Waals surface area contributed by atoms with E-state index < -0.39 is 10.0 Å². The summed E-state index contributed by atoms with van der Waals surface area (Å²) in [5.41, 5.74) is 1.03. The van der Waals surface area contributed by atoms with Crippen LogP contribution in [0, 0.1) is 12.8 Å². The maximum atomic E-state index is 11.9. The number of sulfonamides is 1. The van der Waals surface area contributed by atoms with Crippen molar-refractivity contribution in [1.82, 2.24) is 4.72 Å². The smallest absolute Gasteiger partial charge is 0.240 e. The van der Waals surface area contributed by atoms with E-state index in [0.29, 0.717) is 11.4 Å². The van der Waals surface area contributed by atoms with Crippen molar-refractivity contribution in [2.24, 2.45) is 5.92 Å². The van der Waals surface area contributed by atoms with Gasteiger partial charge in [-0.15, -0.1) is 0 Å². The molecular formula is C13H21NO3S. The highest BCUT2D eigenvalue weighted by Gasteiger charge is 2.12. The van der Waals surface area contributed by atoms with Crippen LogP contribution in [0.4, 0.5) is 0 Å². The predicted molar refractivity (Wildman–Crippen MR) is 71.9 cm³/mol. The van der Waals surface area contributed by atoms with Gasteiger partial charge in [0.15, 0.2) is 0 Å². The Labute approximate surface area is 109 Å². The molecule has 0 aliphatic rings. The maximum Gasteiger partial charge on any atom is 0.240 e. The number of aliphatic hydroxyl groups excluding tert-OH is 1. The van der Waals surface area contributed by atoms with Gasteiger partial charge in [0.25, 0.3) is 0 Å². The van der Waals surface area contributed by atoms with Gasteiger partial charge in [0.05, 0.1) is 4.90 Å². The van der Waals surface area contributed by atoms with Gasteiger partial charge in [-0.2, -0.15) is 0 Å². The van der Waals surface area contributed by atoms with E-state index >= 15 is 0 Å². The average molecular weight is 271 g/mol. The Morgan fingerprint density at radius 1 is 1.28 bits per heavy atom. The standard InChI is InChI=1S/C13H21NO3S/c1-11-5-7-13(8-6-11)18(16,17)14-9-3-4-12(2)10-15/h5-8,12,14-15H,3-4,9-10H2,1-2H3. The van der Waals surface area contributed by atoms with Crippen molar-refractivity contribution in [2.45, 2.75) is 31.6 Å². The zero-order valence-corrected chi connectivity index (χ0v) is 11.7. The largest absolute Gasteiger partial charge is 0.396 e. The van der Waals surface area contributed by atoms with Crippen LogP contribution in [-0.4, -0.2) is 26.7 Å². The van der Waals surface area contributed by atoms with Crippen molar-refractivity contribution in [3.63, 3.8) is 0 Å². The Hall–Kier alpha value is -0.910. The van der Waals surface area contributed by atoms with Gasteiger partial charge in [0.2, 0.25) is 10.0 Å². The Balaban J connectivity index is 2.48. The Morgan fingerprint density at radius 2 is 1.89 bits per heavy atom. The van der Waals surface area contributed by atoms with Gasteiger partial charge in [0, 0.05) is 13.2 Å². The molecule has 1 unspecified atom stereocenters. The lowest BCUT2D eigenvalue weighted by Crippen LogP contribution is -2.25. The summed E-state index contributed by atoms with van der Waals surface area (Å²) in [4.78, 5) is 0.295. The number of hydrogen-bond donors (Lipinski definition) is 2. The number of aryl methyl sites for hydroxylation is 1. The molecule has 1 rings (SSSR count). The van der Waals surface area contributed by atoms with Gasteiger partial charge in [0.1, 0.15) is 0 Å². The lowest BCUT2D eigenvalue weighted by atomic mass is 10.1. The van der Waals surface area contributed by atoms with Crippen molar-refractivity contribution in [2.75, 3.05) is 13.2 Å². The first-order valence-corrected chi connectivity index (χ1v) is 7.61. The molecule has 0 saturated carbocycles. The first-order chi connectivity index (χ1) is 8.45. The van der Waals surface area contributed by atoms with E-state index in [1.165, 1.54) is 0 Å². The van der Waals surface area contributed by atoms with E-state index in [4.69, 9.17) is 5.11 Å². The monoisotopic (exact) mass is 271 g/mol. The van der Waals surface area contributed by atoms with Crippen molar-refractivity contribution in [3.05, 3.63) is 29.8 Å². The van der Waals surface area contributed by atoms with Gasteiger partial charge in [-0.1, -0.05) is 24.6 Å². The first kappa shape index (κ1) is 15.1. The molecule has 0 aliphatic heterocycles. The zero-order valence-electron chi connectivity index (χ0n) is 10.9. The van der Waals surface area contributed by atoms with Crippen molar-refractivity contribution < 1.29 is 13.5 Å². The topological polar surface area (TPSA) is 66.4 Å². The van der Waals surface area contributed by atoms with Gasteiger partial charge in [-0.25, -0.2) is 13.1 Å². The summed E-state index contributed by atoms with van der Waals surface area (Å²) in [6.07, 6.45) is 1.54. The van der Waals surface area contributed by atoms with E-state index in [-0.39, 0.29) is 12.5 Å². The minimum Gasteiger partial charge on any atom is -0.396 e. The molecule has 0 bridgehead atoms. The molecular weight excluding hydrogens is 250 g/mol. The summed E-state index contributed by atoms with van der Waals surface area (Å²) < 4.78 is 26.4. The lowest BCUT2D eigenvalue weighted by molar-refractivity contribution is 0.228. The molecule has 102 valence electrons. The van der Waals surface area contributed by atoms with E-state index in [1.807, 2.05) is 13.8 Å². The number of aliphatic hydroxyl groups is 1. The van der Waals surface area contributed by atoms with Gasteiger partial charge in [-0.05, 0) is 37.8 Å². The summed E-state index contributed by atoms with van der Waals surface area (Å²) in [7, 11) is -3.39. The third-order valence-electron chi connectivity index (χ3n) is 2.81. The molecule has 4 nitrogen and oxygen atoms in total. The number of benzene rings is 1. The molecule has 0 saturated heterocycles. The van der Waals surface area contributed by atoms with Crippen molar-refractivity contribution in [1.29, 1.82) is 0 Å². The molecule has 0 heterocycles. The molecule has 0 amide bonds. The summed E-state index contributed by atoms with van der Waals surface area (Å²) in [5, 5.41) is 8.86. The van der Waals surface area contributed by atoms with Crippen molar-refractivity contribution >= 4 is 10.0 Å². The molecule has 1 aromatic rings. The molecule has 0 radical (unpaired) electrons. The first-order valence-electron chi connectivity index (χ1n) is 6.13. The molecule has 1 aromatic carbocycles. The molecule has 0 aliphatic carbocycles. The summed E-state index contributed by atoms with van der Waals surface area (Å²) >= 11 is 0. The second-order valence-corrected chi connectivity index (χ2v) is 6.41. The van der Waals surface area contributed by atoms with Crippen LogP contribution < -0.4 is 4.72 Å². The van der Waals surface area contributed by atoms with Gasteiger partial charge >= 0.3 is 0 Å². The van der Waals surface area contributed by atoms with Gasteiger partial charge in [-0.3, -0.25) is 0 Å². The Bertz CT molecular complexity index is 454. The molecule has 0 aromatic heterocycles. The Kier molecular flexibility index (Phi) is 5.78. The third kappa shape index (κ3) is 4.76. The average Bonchev–Trinajstić information content (AvgIpc) is 2.35. The normalized spacial score (nSPS) is 13.5. The van der Waals surface area contributed by atoms with E-state index in [1.54, 1.807) is 24.3 Å². The summed E-state index contributed by atoms with van der Waals surface area (Å²) in [6.45, 7) is 4.40. The molecule has 5 heteroatoms. The third-order valence-corrected chi connectivity index (χ3v) is 4.29. The predicted octanol–water partition coefficient (Wildman–Crippen LogP) is 1.68. The Morgan fingerprint density at radius 3 is 2.44 bits per heavy atom. The molecule has 1 atom stereocenters. The fourth-order valence-corrected chi connectivity index (χ4v) is 2.62. The number of nitrogens with one attached hydrogen (secondary N) is 1. The van der Waals surface area contributed by atoms with Crippen LogP contribution in [0.15, 0.2) is 29.2 Å². The van der Waals surface area contributed by atoms with Crippen LogP contribution in [-0.2, 0) is 10.0 Å². The van der Waals surface area contributed by atoms with Crippen LogP contribution in [0.3, 0.4) is 0 Å². The van der Waals surface area contributed by atoms with E-state index in [9.17, 15) is 8.42 Å². The van der Waals surface area contributed by atoms with Crippen LogP contribution in [0.25, 0.3) is 0 Å². The second-order valence-electron chi connectivity index (χ2n) is 4.64. The van der Waals surface area contributed by atoms with E-state index in [0.717, 1.165) is 18.4 Å². The highest BCUT2D eigenvalue weighted by molar-refractivity contribution is 7.89. The van der Waals surface area contributed by atoms with Crippen LogP contribution in [0.2, 0.25) is 0 Å². The fraction of sp³-hybridized carbons (Fsp3) is 0.538. The lowest BCUT2D eigenvalue weighted by Gasteiger charge is -2.09. The molecule has 0 spiro atoms. The molecule has 0 fully saturated rings. The van der Waals surface area contributed by atoms with Crippen molar-refractivity contribution in [3.8, 4) is 0 Å². The fourth-order valence-electron chi connectivity index (χ4n) is 1.55. The zero-order chi connectivity index (χ0) is 13.6. The van der Waals surface area contributed by atoms with E-state index in [2.05, 4.69) is 4.72 Å². The second kappa shape index (κ2) is 6.87.